The molecule has 3 N–H and O–H groups in total. The van der Waals surface area contributed by atoms with Gasteiger partial charge in [0.2, 0.25) is 10.0 Å². The molecule has 1 aliphatic rings. The van der Waals surface area contributed by atoms with Gasteiger partial charge >= 0.3 is 5.97 Å². The van der Waals surface area contributed by atoms with E-state index in [-0.39, 0.29) is 12.2 Å². The number of carboxylic acid groups (broad SMARTS) is 1. The number of hydrogen-bond donors (Lipinski definition) is 3. The van der Waals surface area contributed by atoms with E-state index in [1.165, 1.54) is 24.3 Å². The maximum atomic E-state index is 11.9. The van der Waals surface area contributed by atoms with Gasteiger partial charge in [-0.05, 0) is 17.7 Å². The van der Waals surface area contributed by atoms with E-state index in [2.05, 4.69) is 9.56 Å². The number of hydroxylamine groups is 1. The highest BCUT2D eigenvalue weighted by atomic mass is 32.2. The minimum Gasteiger partial charge on any atom is -0.478 e. The monoisotopic (exact) mass is 300 g/mol. The summed E-state index contributed by atoms with van der Waals surface area (Å²) in [7, 11) is -3.78. The predicted octanol–water partition coefficient (Wildman–Crippen LogP) is -0.766. The third-order valence-corrected chi connectivity index (χ3v) is 3.95. The van der Waals surface area contributed by atoms with Crippen LogP contribution in [0.2, 0.25) is 0 Å². The fourth-order valence-corrected chi connectivity index (χ4v) is 3.01. The number of carbonyl (C=O) groups excluding carboxylic acids is 1. The maximum absolute atomic E-state index is 11.9. The van der Waals surface area contributed by atoms with Gasteiger partial charge in [-0.15, -0.1) is 0 Å². The molecule has 0 unspecified atom stereocenters. The van der Waals surface area contributed by atoms with E-state index < -0.39 is 33.7 Å². The normalized spacial score (nSPS) is 18.8. The summed E-state index contributed by atoms with van der Waals surface area (Å²) in [5.41, 5.74) is 2.35. The Kier molecular flexibility index (Phi) is 4.02. The topological polar surface area (TPSA) is 122 Å². The van der Waals surface area contributed by atoms with Crippen LogP contribution in [-0.4, -0.2) is 38.0 Å². The van der Waals surface area contributed by atoms with E-state index in [1.807, 2.05) is 5.48 Å². The Morgan fingerprint density at radius 1 is 1.50 bits per heavy atom. The molecule has 0 aliphatic carbocycles. The average molecular weight is 300 g/mol. The van der Waals surface area contributed by atoms with Gasteiger partial charge in [0.1, 0.15) is 12.6 Å². The van der Waals surface area contributed by atoms with Crippen molar-refractivity contribution >= 4 is 21.9 Å². The second kappa shape index (κ2) is 5.57. The van der Waals surface area contributed by atoms with Gasteiger partial charge in [-0.25, -0.2) is 18.7 Å². The summed E-state index contributed by atoms with van der Waals surface area (Å²) in [5.74, 6) is -2.12. The van der Waals surface area contributed by atoms with Crippen LogP contribution < -0.4 is 10.2 Å². The molecule has 0 radical (unpaired) electrons. The summed E-state index contributed by atoms with van der Waals surface area (Å²) in [6, 6.07) is 4.62. The first kappa shape index (κ1) is 14.4. The van der Waals surface area contributed by atoms with Crippen LogP contribution in [0.4, 0.5) is 0 Å². The highest BCUT2D eigenvalue weighted by Gasteiger charge is 2.29. The van der Waals surface area contributed by atoms with Crippen LogP contribution in [0.5, 0.6) is 0 Å². The number of sulfonamides is 1. The summed E-state index contributed by atoms with van der Waals surface area (Å²) in [4.78, 5) is 26.6. The number of hydrogen-bond acceptors (Lipinski definition) is 5. The number of benzene rings is 1. The van der Waals surface area contributed by atoms with E-state index in [0.29, 0.717) is 5.56 Å². The fourth-order valence-electron chi connectivity index (χ4n) is 1.70. The molecule has 1 aromatic carbocycles. The molecule has 2 rings (SSSR count). The molecule has 9 heteroatoms. The lowest BCUT2D eigenvalue weighted by atomic mass is 10.1. The lowest BCUT2D eigenvalue weighted by Gasteiger charge is -2.09. The van der Waals surface area contributed by atoms with Crippen LogP contribution in [-0.2, 0) is 25.4 Å². The largest absolute Gasteiger partial charge is 0.478 e. The molecule has 0 aromatic heterocycles. The van der Waals surface area contributed by atoms with Crippen molar-refractivity contribution in [3.05, 3.63) is 35.4 Å². The molecule has 1 saturated heterocycles. The van der Waals surface area contributed by atoms with Gasteiger partial charge in [-0.3, -0.25) is 9.63 Å². The standard InChI is InChI=1S/C11H12N2O6S/c14-10-9(5-19-12-10)13-20(17,18)6-7-2-1-3-8(4-7)11(15)16/h1-4,9,13H,5-6H2,(H,12,14)(H,15,16)/t9-/m1/s1. The average Bonchev–Trinajstić information content (AvgIpc) is 2.74. The predicted molar refractivity (Wildman–Crippen MR) is 67.0 cm³/mol. The second-order valence-electron chi connectivity index (χ2n) is 4.21. The van der Waals surface area contributed by atoms with Crippen LogP contribution in [0.15, 0.2) is 24.3 Å². The number of aromatic carboxylic acids is 1. The van der Waals surface area contributed by atoms with Crippen molar-refractivity contribution in [3.8, 4) is 0 Å². The molecule has 0 spiro atoms. The molecule has 1 aromatic rings. The molecule has 0 saturated carbocycles. The van der Waals surface area contributed by atoms with Crippen molar-refractivity contribution in [2.75, 3.05) is 6.61 Å². The van der Waals surface area contributed by atoms with E-state index in [1.54, 1.807) is 0 Å². The number of nitrogens with one attached hydrogen (secondary N) is 2. The van der Waals surface area contributed by atoms with Gasteiger partial charge in [-0.2, -0.15) is 4.72 Å². The molecule has 1 heterocycles. The molecule has 1 atom stereocenters. The van der Waals surface area contributed by atoms with Crippen LogP contribution in [0, 0.1) is 0 Å². The number of amides is 1. The van der Waals surface area contributed by atoms with Gasteiger partial charge < -0.3 is 5.11 Å². The highest BCUT2D eigenvalue weighted by Crippen LogP contribution is 2.10. The molecular formula is C11H12N2O6S. The maximum Gasteiger partial charge on any atom is 0.335 e. The SMILES string of the molecule is O=C(O)c1cccc(CS(=O)(=O)N[C@@H]2CONC2=O)c1. The van der Waals surface area contributed by atoms with Crippen molar-refractivity contribution < 1.29 is 28.0 Å². The molecule has 1 aliphatic heterocycles. The highest BCUT2D eigenvalue weighted by molar-refractivity contribution is 7.88. The van der Waals surface area contributed by atoms with Crippen LogP contribution >= 0.6 is 0 Å². The van der Waals surface area contributed by atoms with Gasteiger partial charge in [0.05, 0.1) is 11.3 Å². The first-order valence-corrected chi connectivity index (χ1v) is 7.26. The smallest absolute Gasteiger partial charge is 0.335 e. The Bertz CT molecular complexity index is 642. The summed E-state index contributed by atoms with van der Waals surface area (Å²) < 4.78 is 26.0. The van der Waals surface area contributed by atoms with Crippen molar-refractivity contribution in [3.63, 3.8) is 0 Å². The zero-order valence-corrected chi connectivity index (χ0v) is 11.0. The van der Waals surface area contributed by atoms with Crippen molar-refractivity contribution in [2.45, 2.75) is 11.8 Å². The third-order valence-electron chi connectivity index (χ3n) is 2.59. The Labute approximate surface area is 114 Å². The van der Waals surface area contributed by atoms with Crippen molar-refractivity contribution in [2.24, 2.45) is 0 Å². The molecule has 108 valence electrons. The lowest BCUT2D eigenvalue weighted by molar-refractivity contribution is -0.124. The number of rotatable bonds is 5. The van der Waals surface area contributed by atoms with Crippen molar-refractivity contribution in [1.82, 2.24) is 10.2 Å². The Morgan fingerprint density at radius 3 is 2.85 bits per heavy atom. The third kappa shape index (κ3) is 3.53. The zero-order chi connectivity index (χ0) is 14.8. The summed E-state index contributed by atoms with van der Waals surface area (Å²) in [5, 5.41) is 8.84. The van der Waals surface area contributed by atoms with E-state index in [9.17, 15) is 18.0 Å². The molecule has 1 amide bonds. The summed E-state index contributed by atoms with van der Waals surface area (Å²) in [6.45, 7) is -0.0901. The number of carboxylic acids is 1. The first-order chi connectivity index (χ1) is 9.37. The molecule has 20 heavy (non-hydrogen) atoms. The Morgan fingerprint density at radius 2 is 2.25 bits per heavy atom. The van der Waals surface area contributed by atoms with E-state index in [0.717, 1.165) is 0 Å². The van der Waals surface area contributed by atoms with Crippen LogP contribution in [0.1, 0.15) is 15.9 Å². The Hall–Kier alpha value is -1.97. The molecule has 1 fully saturated rings. The van der Waals surface area contributed by atoms with Gasteiger partial charge in [0, 0.05) is 0 Å². The lowest BCUT2D eigenvalue weighted by Crippen LogP contribution is -2.42. The second-order valence-corrected chi connectivity index (χ2v) is 5.97. The zero-order valence-electron chi connectivity index (χ0n) is 10.2. The summed E-state index contributed by atoms with van der Waals surface area (Å²) >= 11 is 0. The van der Waals surface area contributed by atoms with Gasteiger partial charge in [-0.1, -0.05) is 12.1 Å². The van der Waals surface area contributed by atoms with Gasteiger partial charge in [0.15, 0.2) is 0 Å². The van der Waals surface area contributed by atoms with E-state index >= 15 is 0 Å². The Balaban J connectivity index is 2.10. The summed E-state index contributed by atoms with van der Waals surface area (Å²) in [6.07, 6.45) is 0. The minimum absolute atomic E-state index is 0.000331. The molecule has 0 bridgehead atoms. The van der Waals surface area contributed by atoms with E-state index in [4.69, 9.17) is 5.11 Å². The van der Waals surface area contributed by atoms with Gasteiger partial charge in [0.25, 0.3) is 5.91 Å². The molecular weight excluding hydrogens is 288 g/mol. The van der Waals surface area contributed by atoms with Crippen LogP contribution in [0.3, 0.4) is 0 Å². The van der Waals surface area contributed by atoms with Crippen molar-refractivity contribution in [1.29, 1.82) is 0 Å². The minimum atomic E-state index is -3.78. The van der Waals surface area contributed by atoms with Crippen LogP contribution in [0.25, 0.3) is 0 Å². The number of carbonyl (C=O) groups is 2. The molecule has 8 nitrogen and oxygen atoms in total. The fraction of sp³-hybridized carbons (Fsp3) is 0.273. The quantitative estimate of drug-likeness (QED) is 0.656. The first-order valence-electron chi connectivity index (χ1n) is 5.61.